The van der Waals surface area contributed by atoms with E-state index in [0.717, 1.165) is 49.0 Å². The summed E-state index contributed by atoms with van der Waals surface area (Å²) in [6, 6.07) is 14.6. The normalized spacial score (nSPS) is 20.7. The molecule has 162 valence electrons. The van der Waals surface area contributed by atoms with Crippen molar-refractivity contribution in [3.05, 3.63) is 66.0 Å². The fraction of sp³-hybridized carbons (Fsp3) is 0.333. The van der Waals surface area contributed by atoms with Gasteiger partial charge in [0.2, 0.25) is 0 Å². The zero-order valence-corrected chi connectivity index (χ0v) is 17.9. The zero-order chi connectivity index (χ0) is 21.7. The summed E-state index contributed by atoms with van der Waals surface area (Å²) < 4.78 is 6.03. The van der Waals surface area contributed by atoms with E-state index in [4.69, 9.17) is 4.42 Å². The molecule has 0 aliphatic carbocycles. The Labute approximate surface area is 185 Å². The molecule has 2 bridgehead atoms. The molecule has 2 aromatic heterocycles. The van der Waals surface area contributed by atoms with Gasteiger partial charge in [-0.05, 0) is 50.5 Å². The summed E-state index contributed by atoms with van der Waals surface area (Å²) >= 11 is 0. The van der Waals surface area contributed by atoms with Gasteiger partial charge in [0.15, 0.2) is 5.58 Å². The molecule has 4 aromatic rings. The number of rotatable bonds is 3. The Morgan fingerprint density at radius 1 is 1.03 bits per heavy atom. The zero-order valence-electron chi connectivity index (χ0n) is 17.9. The van der Waals surface area contributed by atoms with E-state index < -0.39 is 0 Å². The van der Waals surface area contributed by atoms with Gasteiger partial charge in [0.1, 0.15) is 5.52 Å². The molecule has 32 heavy (non-hydrogen) atoms. The van der Waals surface area contributed by atoms with Gasteiger partial charge in [-0.2, -0.15) is 20.0 Å². The number of hydrogen-bond acceptors (Lipinski definition) is 6. The van der Waals surface area contributed by atoms with E-state index in [2.05, 4.69) is 25.0 Å². The Hall–Kier alpha value is -3.68. The van der Waals surface area contributed by atoms with Crippen molar-refractivity contribution in [3.63, 3.8) is 0 Å². The van der Waals surface area contributed by atoms with Gasteiger partial charge >= 0.3 is 0 Å². The number of para-hydroxylation sites is 2. The lowest BCUT2D eigenvalue weighted by molar-refractivity contribution is 0.0681. The van der Waals surface area contributed by atoms with Crippen molar-refractivity contribution in [3.8, 4) is 5.69 Å². The van der Waals surface area contributed by atoms with Crippen LogP contribution in [-0.4, -0.2) is 56.0 Å². The number of fused-ring (bicyclic) bond motifs is 3. The van der Waals surface area contributed by atoms with Crippen LogP contribution in [0, 0.1) is 6.92 Å². The molecule has 2 saturated heterocycles. The quantitative estimate of drug-likeness (QED) is 0.496. The van der Waals surface area contributed by atoms with Crippen LogP contribution in [-0.2, 0) is 0 Å². The monoisotopic (exact) mass is 428 g/mol. The number of anilines is 1. The Morgan fingerprint density at radius 3 is 2.69 bits per heavy atom. The first-order valence-electron chi connectivity index (χ1n) is 11.1. The largest absolute Gasteiger partial charge is 0.423 e. The minimum absolute atomic E-state index is 0.0490. The van der Waals surface area contributed by atoms with Gasteiger partial charge in [0.05, 0.1) is 29.7 Å². The Bertz CT molecular complexity index is 1250. The van der Waals surface area contributed by atoms with E-state index in [1.165, 1.54) is 4.80 Å². The molecule has 0 spiro atoms. The second kappa shape index (κ2) is 7.47. The second-order valence-electron chi connectivity index (χ2n) is 8.64. The third-order valence-corrected chi connectivity index (χ3v) is 6.59. The highest BCUT2D eigenvalue weighted by molar-refractivity contribution is 5.98. The number of aryl methyl sites for hydroxylation is 1. The highest BCUT2D eigenvalue weighted by atomic mass is 16.4. The summed E-state index contributed by atoms with van der Waals surface area (Å²) in [7, 11) is 0. The summed E-state index contributed by atoms with van der Waals surface area (Å²) in [4.78, 5) is 24.4. The lowest BCUT2D eigenvalue weighted by Gasteiger charge is -2.29. The van der Waals surface area contributed by atoms with Crippen molar-refractivity contribution in [1.29, 1.82) is 0 Å². The van der Waals surface area contributed by atoms with Crippen molar-refractivity contribution in [1.82, 2.24) is 24.9 Å². The van der Waals surface area contributed by atoms with E-state index in [1.807, 2.05) is 49.4 Å². The minimum atomic E-state index is 0.0490. The smallest absolute Gasteiger partial charge is 0.298 e. The molecule has 2 aliphatic heterocycles. The topological polar surface area (TPSA) is 80.3 Å². The molecule has 1 amide bonds. The highest BCUT2D eigenvalue weighted by Crippen LogP contribution is 2.35. The van der Waals surface area contributed by atoms with Crippen LogP contribution < -0.4 is 4.90 Å². The number of hydrogen-bond donors (Lipinski definition) is 0. The predicted molar refractivity (Wildman–Crippen MR) is 120 cm³/mol. The molecular formula is C24H24N6O2. The first kappa shape index (κ1) is 19.0. The molecule has 2 aliphatic rings. The Balaban J connectivity index is 1.32. The third-order valence-electron chi connectivity index (χ3n) is 6.59. The van der Waals surface area contributed by atoms with Crippen molar-refractivity contribution in [2.45, 2.75) is 38.3 Å². The maximum atomic E-state index is 13.9. The maximum Gasteiger partial charge on any atom is 0.298 e. The molecule has 8 nitrogen and oxygen atoms in total. The molecule has 0 N–H and O–H groups in total. The molecular weight excluding hydrogens is 404 g/mol. The number of carbonyl (C=O) groups is 1. The molecule has 2 atom stereocenters. The van der Waals surface area contributed by atoms with Crippen molar-refractivity contribution in [2.24, 2.45) is 0 Å². The highest BCUT2D eigenvalue weighted by Gasteiger charge is 2.41. The van der Waals surface area contributed by atoms with Crippen molar-refractivity contribution < 1.29 is 9.21 Å². The van der Waals surface area contributed by atoms with E-state index in [9.17, 15) is 4.79 Å². The number of amides is 1. The maximum absolute atomic E-state index is 13.9. The fourth-order valence-corrected chi connectivity index (χ4v) is 5.05. The summed E-state index contributed by atoms with van der Waals surface area (Å²) in [5.74, 6) is 0.0490. The Morgan fingerprint density at radius 2 is 1.84 bits per heavy atom. The van der Waals surface area contributed by atoms with Gasteiger partial charge < -0.3 is 14.2 Å². The number of aromatic nitrogens is 4. The molecule has 2 aromatic carbocycles. The minimum Gasteiger partial charge on any atom is -0.423 e. The van der Waals surface area contributed by atoms with Crippen LogP contribution in [0.2, 0.25) is 0 Å². The average Bonchev–Trinajstić information content (AvgIpc) is 3.51. The van der Waals surface area contributed by atoms with Gasteiger partial charge in [-0.25, -0.2) is 0 Å². The third kappa shape index (κ3) is 3.14. The van der Waals surface area contributed by atoms with Crippen LogP contribution in [0.3, 0.4) is 0 Å². The van der Waals surface area contributed by atoms with Gasteiger partial charge in [-0.3, -0.25) is 4.79 Å². The first-order valence-corrected chi connectivity index (χ1v) is 11.1. The Kier molecular flexibility index (Phi) is 4.45. The number of nitrogens with zero attached hydrogens (tertiary/aromatic N) is 6. The number of oxazole rings is 1. The molecule has 0 radical (unpaired) electrons. The molecule has 6 rings (SSSR count). The van der Waals surface area contributed by atoms with Crippen LogP contribution in [0.1, 0.15) is 35.2 Å². The van der Waals surface area contributed by atoms with Gasteiger partial charge in [0, 0.05) is 19.1 Å². The number of benzene rings is 2. The molecule has 4 heterocycles. The van der Waals surface area contributed by atoms with Crippen LogP contribution in [0.25, 0.3) is 16.8 Å². The summed E-state index contributed by atoms with van der Waals surface area (Å²) in [5.41, 5.74) is 4.06. The van der Waals surface area contributed by atoms with E-state index in [-0.39, 0.29) is 18.0 Å². The van der Waals surface area contributed by atoms with Crippen molar-refractivity contribution in [2.75, 3.05) is 18.0 Å². The van der Waals surface area contributed by atoms with E-state index in [0.29, 0.717) is 17.3 Å². The SMILES string of the molecule is Cc1ccc(-n2nccn2)c(C(=O)N2C3CCC2CN(c2nc4ccccc4o2)CC3)c1. The fourth-order valence-electron chi connectivity index (χ4n) is 5.05. The number of carbonyl (C=O) groups excluding carboxylic acids is 1. The van der Waals surface area contributed by atoms with Crippen LogP contribution in [0.4, 0.5) is 6.01 Å². The van der Waals surface area contributed by atoms with Gasteiger partial charge in [0.25, 0.3) is 11.9 Å². The molecule has 2 fully saturated rings. The first-order chi connectivity index (χ1) is 15.7. The van der Waals surface area contributed by atoms with Gasteiger partial charge in [-0.1, -0.05) is 23.8 Å². The second-order valence-corrected chi connectivity index (χ2v) is 8.64. The van der Waals surface area contributed by atoms with E-state index in [1.54, 1.807) is 12.4 Å². The average molecular weight is 428 g/mol. The van der Waals surface area contributed by atoms with E-state index >= 15 is 0 Å². The lowest BCUT2D eigenvalue weighted by Crippen LogP contribution is -2.43. The van der Waals surface area contributed by atoms with Gasteiger partial charge in [-0.15, -0.1) is 0 Å². The molecule has 8 heteroatoms. The molecule has 2 unspecified atom stereocenters. The molecule has 0 saturated carbocycles. The van der Waals surface area contributed by atoms with Crippen LogP contribution in [0.15, 0.2) is 59.3 Å². The summed E-state index contributed by atoms with van der Waals surface area (Å²) in [6.45, 7) is 3.54. The van der Waals surface area contributed by atoms with Crippen LogP contribution in [0.5, 0.6) is 0 Å². The standard InChI is InChI=1S/C24H24N6O2/c1-16-6-9-21(30-25-11-12-26-30)19(14-16)23(31)29-17-7-8-18(29)15-28(13-10-17)24-27-20-4-2-3-5-22(20)32-24/h2-6,9,11-12,14,17-18H,7-8,10,13,15H2,1H3. The van der Waals surface area contributed by atoms with Crippen LogP contribution >= 0.6 is 0 Å². The predicted octanol–water partition coefficient (Wildman–Crippen LogP) is 3.60. The summed E-state index contributed by atoms with van der Waals surface area (Å²) in [6.07, 6.45) is 6.15. The van der Waals surface area contributed by atoms with Crippen molar-refractivity contribution >= 4 is 23.0 Å². The lowest BCUT2D eigenvalue weighted by atomic mass is 10.1. The summed E-state index contributed by atoms with van der Waals surface area (Å²) in [5, 5.41) is 8.51.